The van der Waals surface area contributed by atoms with Gasteiger partial charge in [-0.15, -0.1) is 10.2 Å². The molecular formula is C15H23N5OS2. The van der Waals surface area contributed by atoms with Crippen LogP contribution in [-0.2, 0) is 4.79 Å². The van der Waals surface area contributed by atoms with Crippen molar-refractivity contribution in [2.75, 3.05) is 18.1 Å². The Kier molecular flexibility index (Phi) is 6.25. The molecule has 0 radical (unpaired) electrons. The van der Waals surface area contributed by atoms with Crippen molar-refractivity contribution in [3.8, 4) is 6.07 Å². The summed E-state index contributed by atoms with van der Waals surface area (Å²) in [6, 6.07) is 2.68. The van der Waals surface area contributed by atoms with E-state index in [0.717, 1.165) is 41.6 Å². The molecule has 126 valence electrons. The first-order chi connectivity index (χ1) is 11.0. The lowest BCUT2D eigenvalue weighted by molar-refractivity contribution is -0.131. The number of aromatic nitrogens is 2. The van der Waals surface area contributed by atoms with Crippen LogP contribution >= 0.6 is 23.1 Å². The summed E-state index contributed by atoms with van der Waals surface area (Å²) < 4.78 is 0.768. The van der Waals surface area contributed by atoms with Crippen molar-refractivity contribution in [3.63, 3.8) is 0 Å². The van der Waals surface area contributed by atoms with Crippen LogP contribution in [0.25, 0.3) is 0 Å². The van der Waals surface area contributed by atoms with Crippen LogP contribution in [0, 0.1) is 11.3 Å². The Labute approximate surface area is 145 Å². The van der Waals surface area contributed by atoms with Gasteiger partial charge in [0, 0.05) is 13.1 Å². The zero-order valence-electron chi connectivity index (χ0n) is 13.8. The maximum atomic E-state index is 12.5. The number of amides is 1. The fraction of sp³-hybridized carbons (Fsp3) is 0.733. The highest BCUT2D eigenvalue weighted by atomic mass is 32.2. The van der Waals surface area contributed by atoms with E-state index in [2.05, 4.69) is 21.6 Å². The summed E-state index contributed by atoms with van der Waals surface area (Å²) in [5.41, 5.74) is -0.624. The largest absolute Gasteiger partial charge is 0.358 e. The first-order valence-corrected chi connectivity index (χ1v) is 9.68. The minimum atomic E-state index is -0.624. The van der Waals surface area contributed by atoms with E-state index < -0.39 is 5.54 Å². The van der Waals surface area contributed by atoms with E-state index in [1.54, 1.807) is 11.9 Å². The number of thioether (sulfide) groups is 1. The van der Waals surface area contributed by atoms with Gasteiger partial charge in [0.1, 0.15) is 5.54 Å². The molecule has 0 atom stereocenters. The topological polar surface area (TPSA) is 81.9 Å². The molecule has 1 aromatic heterocycles. The molecule has 1 aliphatic carbocycles. The molecule has 1 amide bonds. The number of hydrogen-bond donors (Lipinski definition) is 1. The predicted molar refractivity (Wildman–Crippen MR) is 93.6 cm³/mol. The first-order valence-electron chi connectivity index (χ1n) is 7.87. The quantitative estimate of drug-likeness (QED) is 0.791. The smallest absolute Gasteiger partial charge is 0.234 e. The summed E-state index contributed by atoms with van der Waals surface area (Å²) in [5.74, 6) is 0.267. The Morgan fingerprint density at radius 1 is 1.43 bits per heavy atom. The van der Waals surface area contributed by atoms with Gasteiger partial charge >= 0.3 is 0 Å². The van der Waals surface area contributed by atoms with E-state index in [1.165, 1.54) is 23.1 Å². The van der Waals surface area contributed by atoms with Gasteiger partial charge in [-0.05, 0) is 26.7 Å². The Morgan fingerprint density at radius 2 is 2.13 bits per heavy atom. The number of nitrogens with zero attached hydrogens (tertiary/aromatic N) is 4. The van der Waals surface area contributed by atoms with Crippen molar-refractivity contribution in [1.82, 2.24) is 15.1 Å². The standard InChI is InChI=1S/C15H23N5OS2/c1-11(2)17-13-18-19-14(23-13)22-9-12(21)20(3)15(10-16)7-5-4-6-8-15/h11H,4-9H2,1-3H3,(H,17,18). The van der Waals surface area contributed by atoms with Crippen molar-refractivity contribution in [2.45, 2.75) is 61.9 Å². The van der Waals surface area contributed by atoms with Gasteiger partial charge in [-0.2, -0.15) is 5.26 Å². The van der Waals surface area contributed by atoms with Crippen molar-refractivity contribution >= 4 is 34.1 Å². The molecule has 1 saturated carbocycles. The van der Waals surface area contributed by atoms with Crippen LogP contribution in [0.2, 0.25) is 0 Å². The van der Waals surface area contributed by atoms with Crippen molar-refractivity contribution in [2.24, 2.45) is 0 Å². The van der Waals surface area contributed by atoms with Gasteiger partial charge in [0.05, 0.1) is 11.8 Å². The van der Waals surface area contributed by atoms with Crippen molar-refractivity contribution < 1.29 is 4.79 Å². The molecule has 0 spiro atoms. The van der Waals surface area contributed by atoms with Crippen LogP contribution in [0.3, 0.4) is 0 Å². The minimum absolute atomic E-state index is 0.0213. The van der Waals surface area contributed by atoms with Gasteiger partial charge in [0.2, 0.25) is 11.0 Å². The fourth-order valence-electron chi connectivity index (χ4n) is 2.69. The Balaban J connectivity index is 1.91. The van der Waals surface area contributed by atoms with Gasteiger partial charge in [0.15, 0.2) is 4.34 Å². The highest BCUT2D eigenvalue weighted by molar-refractivity contribution is 8.01. The molecule has 0 aromatic carbocycles. The van der Waals surface area contributed by atoms with Gasteiger partial charge in [-0.1, -0.05) is 42.4 Å². The highest BCUT2D eigenvalue weighted by Gasteiger charge is 2.38. The average molecular weight is 354 g/mol. The Bertz CT molecular complexity index is 575. The van der Waals surface area contributed by atoms with Gasteiger partial charge in [0.25, 0.3) is 0 Å². The lowest BCUT2D eigenvalue weighted by atomic mass is 9.81. The number of nitrogens with one attached hydrogen (secondary N) is 1. The van der Waals surface area contributed by atoms with Crippen LogP contribution in [-0.4, -0.2) is 45.4 Å². The van der Waals surface area contributed by atoms with Gasteiger partial charge in [-0.25, -0.2) is 0 Å². The van der Waals surface area contributed by atoms with Crippen molar-refractivity contribution in [3.05, 3.63) is 0 Å². The van der Waals surface area contributed by atoms with E-state index in [-0.39, 0.29) is 11.7 Å². The zero-order chi connectivity index (χ0) is 16.9. The van der Waals surface area contributed by atoms with E-state index >= 15 is 0 Å². The average Bonchev–Trinajstić information content (AvgIpc) is 2.99. The van der Waals surface area contributed by atoms with Crippen LogP contribution in [0.4, 0.5) is 5.13 Å². The maximum absolute atomic E-state index is 12.5. The zero-order valence-corrected chi connectivity index (χ0v) is 15.5. The SMILES string of the molecule is CC(C)Nc1nnc(SCC(=O)N(C)C2(C#N)CCCCC2)s1. The summed E-state index contributed by atoms with van der Waals surface area (Å²) in [6.45, 7) is 4.08. The number of carbonyl (C=O) groups excluding carboxylic acids is 1. The van der Waals surface area contributed by atoms with E-state index in [1.807, 2.05) is 13.8 Å². The maximum Gasteiger partial charge on any atom is 0.234 e. The van der Waals surface area contributed by atoms with Crippen LogP contribution in [0.5, 0.6) is 0 Å². The summed E-state index contributed by atoms with van der Waals surface area (Å²) in [6.07, 6.45) is 4.73. The molecule has 0 saturated heterocycles. The third-order valence-corrected chi connectivity index (χ3v) is 6.02. The molecule has 23 heavy (non-hydrogen) atoms. The second-order valence-corrected chi connectivity index (χ2v) is 8.32. The van der Waals surface area contributed by atoms with Crippen molar-refractivity contribution in [1.29, 1.82) is 5.26 Å². The number of nitriles is 1. The minimum Gasteiger partial charge on any atom is -0.358 e. The molecule has 0 aliphatic heterocycles. The highest BCUT2D eigenvalue weighted by Crippen LogP contribution is 2.33. The number of carbonyl (C=O) groups is 1. The second-order valence-electron chi connectivity index (χ2n) is 6.12. The number of rotatable bonds is 6. The summed E-state index contributed by atoms with van der Waals surface area (Å²) in [5, 5.41) is 21.7. The van der Waals surface area contributed by atoms with Crippen LogP contribution < -0.4 is 5.32 Å². The van der Waals surface area contributed by atoms with Crippen LogP contribution in [0.15, 0.2) is 4.34 Å². The number of hydrogen-bond acceptors (Lipinski definition) is 7. The normalized spacial score (nSPS) is 16.8. The molecule has 8 heteroatoms. The van der Waals surface area contributed by atoms with Gasteiger partial charge in [-0.3, -0.25) is 4.79 Å². The fourth-order valence-corrected chi connectivity index (χ4v) is 4.50. The lowest BCUT2D eigenvalue weighted by Crippen LogP contribution is -2.50. The third kappa shape index (κ3) is 4.58. The monoisotopic (exact) mass is 353 g/mol. The first kappa shape index (κ1) is 18.0. The number of anilines is 1. The molecule has 0 bridgehead atoms. The molecule has 1 heterocycles. The summed E-state index contributed by atoms with van der Waals surface area (Å²) >= 11 is 2.83. The summed E-state index contributed by atoms with van der Waals surface area (Å²) in [7, 11) is 1.75. The second kappa shape index (κ2) is 7.97. The molecule has 1 N–H and O–H groups in total. The van der Waals surface area contributed by atoms with E-state index in [0.29, 0.717) is 6.04 Å². The molecule has 2 rings (SSSR count). The Hall–Kier alpha value is -1.33. The predicted octanol–water partition coefficient (Wildman–Crippen LogP) is 3.14. The molecule has 6 nitrogen and oxygen atoms in total. The molecule has 1 aromatic rings. The molecule has 0 unspecified atom stereocenters. The Morgan fingerprint density at radius 3 is 2.74 bits per heavy atom. The van der Waals surface area contributed by atoms with E-state index in [4.69, 9.17) is 0 Å². The third-order valence-electron chi connectivity index (χ3n) is 4.04. The summed E-state index contributed by atoms with van der Waals surface area (Å²) in [4.78, 5) is 14.1. The van der Waals surface area contributed by atoms with Gasteiger partial charge < -0.3 is 10.2 Å². The van der Waals surface area contributed by atoms with E-state index in [9.17, 15) is 10.1 Å². The molecule has 1 aliphatic rings. The van der Waals surface area contributed by atoms with Crippen LogP contribution in [0.1, 0.15) is 46.0 Å². The molecular weight excluding hydrogens is 330 g/mol. The molecule has 1 fully saturated rings. The lowest BCUT2D eigenvalue weighted by Gasteiger charge is -2.38.